The minimum absolute atomic E-state index is 0.0726. The second-order valence-electron chi connectivity index (χ2n) is 2.18. The third-order valence-corrected chi connectivity index (χ3v) is 2.78. The molecule has 0 radical (unpaired) electrons. The van der Waals surface area contributed by atoms with Crippen LogP contribution in [0.2, 0.25) is 0 Å². The first-order valence-corrected chi connectivity index (χ1v) is 5.00. The largest absolute Gasteiger partial charge is 0.409 e. The Morgan fingerprint density at radius 2 is 2.18 bits per heavy atom. The van der Waals surface area contributed by atoms with Crippen LogP contribution in [0.5, 0.6) is 0 Å². The highest BCUT2D eigenvalue weighted by atomic mass is 32.2. The van der Waals surface area contributed by atoms with Crippen LogP contribution >= 0.6 is 0 Å². The lowest BCUT2D eigenvalue weighted by molar-refractivity contribution is 0.318. The van der Waals surface area contributed by atoms with E-state index in [1.807, 2.05) is 0 Å². The van der Waals surface area contributed by atoms with E-state index in [-0.39, 0.29) is 17.3 Å². The summed E-state index contributed by atoms with van der Waals surface area (Å²) in [4.78, 5) is 0. The van der Waals surface area contributed by atoms with Crippen LogP contribution in [0.25, 0.3) is 0 Å². The highest BCUT2D eigenvalue weighted by Gasteiger charge is 2.11. The average Bonchev–Trinajstić information content (AvgIpc) is 1.86. The van der Waals surface area contributed by atoms with Crippen LogP contribution in [-0.2, 0) is 9.84 Å². The van der Waals surface area contributed by atoms with E-state index in [1.165, 1.54) is 0 Å². The monoisotopic (exact) mass is 180 g/mol. The lowest BCUT2D eigenvalue weighted by Gasteiger charge is -1.99. The molecule has 0 aliphatic heterocycles. The summed E-state index contributed by atoms with van der Waals surface area (Å²) in [5, 5.41) is 10.6. The molecule has 0 saturated carbocycles. The smallest absolute Gasteiger partial charge is 0.157 e. The molecule has 0 saturated heterocycles. The van der Waals surface area contributed by atoms with Crippen LogP contribution in [0.3, 0.4) is 0 Å². The van der Waals surface area contributed by atoms with Gasteiger partial charge in [-0.1, -0.05) is 12.1 Å². The van der Waals surface area contributed by atoms with Crippen LogP contribution in [-0.4, -0.2) is 31.0 Å². The van der Waals surface area contributed by atoms with Crippen molar-refractivity contribution in [1.82, 2.24) is 0 Å². The van der Waals surface area contributed by atoms with Gasteiger partial charge in [0.1, 0.15) is 5.75 Å². The van der Waals surface area contributed by atoms with E-state index in [4.69, 9.17) is 10.9 Å². The van der Waals surface area contributed by atoms with Crippen molar-refractivity contribution >= 4 is 15.7 Å². The van der Waals surface area contributed by atoms with E-state index in [0.717, 1.165) is 0 Å². The average molecular weight is 180 g/mol. The zero-order valence-corrected chi connectivity index (χ0v) is 7.13. The molecule has 0 aromatic rings. The molecular formula is C5H12N2O3S. The second-order valence-corrected chi connectivity index (χ2v) is 4.37. The molecule has 0 aromatic heterocycles. The quantitative estimate of drug-likeness (QED) is 0.265. The van der Waals surface area contributed by atoms with Gasteiger partial charge in [-0.25, -0.2) is 8.42 Å². The Bertz CT molecular complexity index is 232. The fourth-order valence-corrected chi connectivity index (χ4v) is 1.91. The van der Waals surface area contributed by atoms with Crippen molar-refractivity contribution in [3.05, 3.63) is 0 Å². The van der Waals surface area contributed by atoms with Crippen molar-refractivity contribution in [2.45, 2.75) is 13.3 Å². The van der Waals surface area contributed by atoms with Gasteiger partial charge < -0.3 is 10.9 Å². The highest BCUT2D eigenvalue weighted by Crippen LogP contribution is 1.92. The minimum atomic E-state index is -3.16. The van der Waals surface area contributed by atoms with Crippen LogP contribution in [0.1, 0.15) is 13.3 Å². The van der Waals surface area contributed by atoms with Gasteiger partial charge >= 0.3 is 0 Å². The Morgan fingerprint density at radius 1 is 1.64 bits per heavy atom. The summed E-state index contributed by atoms with van der Waals surface area (Å²) in [5.74, 6) is -0.556. The summed E-state index contributed by atoms with van der Waals surface area (Å²) in [6, 6.07) is 0. The molecule has 0 fully saturated rings. The topological polar surface area (TPSA) is 92.8 Å². The van der Waals surface area contributed by atoms with Gasteiger partial charge in [0.05, 0.1) is 5.75 Å². The summed E-state index contributed by atoms with van der Waals surface area (Å²) in [5.41, 5.74) is 5.01. The number of rotatable bonds is 4. The van der Waals surface area contributed by atoms with Crippen molar-refractivity contribution in [3.8, 4) is 0 Å². The highest BCUT2D eigenvalue weighted by molar-refractivity contribution is 7.92. The van der Waals surface area contributed by atoms with Gasteiger partial charge in [0, 0.05) is 0 Å². The van der Waals surface area contributed by atoms with Crippen molar-refractivity contribution in [2.24, 2.45) is 10.9 Å². The first kappa shape index (κ1) is 10.2. The SMILES string of the molecule is CCCS(=O)(=O)C/C(N)=N/O. The van der Waals surface area contributed by atoms with E-state index in [2.05, 4.69) is 5.16 Å². The van der Waals surface area contributed by atoms with Gasteiger partial charge in [-0.3, -0.25) is 0 Å². The summed E-state index contributed by atoms with van der Waals surface area (Å²) in [6.45, 7) is 1.75. The van der Waals surface area contributed by atoms with E-state index in [1.54, 1.807) is 6.92 Å². The summed E-state index contributed by atoms with van der Waals surface area (Å²) in [7, 11) is -3.16. The molecule has 5 nitrogen and oxygen atoms in total. The molecular weight excluding hydrogens is 168 g/mol. The van der Waals surface area contributed by atoms with E-state index >= 15 is 0 Å². The molecule has 11 heavy (non-hydrogen) atoms. The zero-order valence-electron chi connectivity index (χ0n) is 6.32. The lowest BCUT2D eigenvalue weighted by Crippen LogP contribution is -2.25. The Hall–Kier alpha value is -0.780. The van der Waals surface area contributed by atoms with Crippen molar-refractivity contribution in [2.75, 3.05) is 11.5 Å². The van der Waals surface area contributed by atoms with Gasteiger partial charge in [0.2, 0.25) is 0 Å². The van der Waals surface area contributed by atoms with Crippen LogP contribution < -0.4 is 5.73 Å². The lowest BCUT2D eigenvalue weighted by atomic mass is 10.6. The molecule has 6 heteroatoms. The molecule has 0 atom stereocenters. The second kappa shape index (κ2) is 4.17. The maximum absolute atomic E-state index is 10.9. The molecule has 0 unspecified atom stereocenters. The number of nitrogens with zero attached hydrogens (tertiary/aromatic N) is 1. The number of amidine groups is 1. The Balaban J connectivity index is 4.14. The van der Waals surface area contributed by atoms with Crippen molar-refractivity contribution in [3.63, 3.8) is 0 Å². The Morgan fingerprint density at radius 3 is 2.55 bits per heavy atom. The fourth-order valence-electron chi connectivity index (χ4n) is 0.637. The van der Waals surface area contributed by atoms with E-state index in [9.17, 15) is 8.42 Å². The number of hydrogen-bond acceptors (Lipinski definition) is 4. The molecule has 0 rings (SSSR count). The minimum Gasteiger partial charge on any atom is -0.409 e. The molecule has 0 spiro atoms. The predicted molar refractivity (Wildman–Crippen MR) is 42.4 cm³/mol. The number of sulfone groups is 1. The molecule has 0 amide bonds. The van der Waals surface area contributed by atoms with Gasteiger partial charge in [0.25, 0.3) is 0 Å². The molecule has 0 heterocycles. The summed E-state index contributed by atoms with van der Waals surface area (Å²) >= 11 is 0. The molecule has 0 aliphatic carbocycles. The fraction of sp³-hybridized carbons (Fsp3) is 0.800. The number of hydrogen-bond donors (Lipinski definition) is 2. The van der Waals surface area contributed by atoms with Gasteiger partial charge in [-0.05, 0) is 6.42 Å². The van der Waals surface area contributed by atoms with E-state index < -0.39 is 9.84 Å². The van der Waals surface area contributed by atoms with Crippen LogP contribution in [0, 0.1) is 0 Å². The molecule has 0 aliphatic rings. The molecule has 0 bridgehead atoms. The summed E-state index contributed by atoms with van der Waals surface area (Å²) in [6.07, 6.45) is 0.543. The standard InChI is InChI=1S/C5H12N2O3S/c1-2-3-11(9,10)4-5(6)7-8/h8H,2-4H2,1H3,(H2,6,7). The Kier molecular flexibility index (Phi) is 3.88. The third-order valence-electron chi connectivity index (χ3n) is 1.01. The van der Waals surface area contributed by atoms with Crippen molar-refractivity contribution in [1.29, 1.82) is 0 Å². The molecule has 66 valence electrons. The first-order valence-electron chi connectivity index (χ1n) is 3.18. The Labute approximate surface area is 65.8 Å². The zero-order chi connectivity index (χ0) is 8.91. The maximum Gasteiger partial charge on any atom is 0.157 e. The van der Waals surface area contributed by atoms with Gasteiger partial charge in [0.15, 0.2) is 15.7 Å². The number of nitrogens with two attached hydrogens (primary N) is 1. The first-order chi connectivity index (χ1) is 5.02. The normalized spacial score (nSPS) is 13.4. The van der Waals surface area contributed by atoms with E-state index in [0.29, 0.717) is 6.42 Å². The van der Waals surface area contributed by atoms with Gasteiger partial charge in [-0.15, -0.1) is 0 Å². The van der Waals surface area contributed by atoms with Crippen LogP contribution in [0.4, 0.5) is 0 Å². The number of oxime groups is 1. The predicted octanol–water partition coefficient (Wildman–Crippen LogP) is -0.442. The van der Waals surface area contributed by atoms with Gasteiger partial charge in [-0.2, -0.15) is 0 Å². The third kappa shape index (κ3) is 4.60. The maximum atomic E-state index is 10.9. The van der Waals surface area contributed by atoms with Crippen LogP contribution in [0.15, 0.2) is 5.16 Å². The molecule has 3 N–H and O–H groups in total. The van der Waals surface area contributed by atoms with Crippen molar-refractivity contribution < 1.29 is 13.6 Å². The molecule has 0 aromatic carbocycles. The summed E-state index contributed by atoms with van der Waals surface area (Å²) < 4.78 is 21.9.